The van der Waals surface area contributed by atoms with Crippen molar-refractivity contribution >= 4 is 34.2 Å². The average molecular weight is 301 g/mol. The van der Waals surface area contributed by atoms with Crippen LogP contribution in [-0.2, 0) is 16.5 Å². The number of benzene rings is 2. The molecule has 0 N–H and O–H groups in total. The van der Waals surface area contributed by atoms with Crippen LogP contribution in [-0.4, -0.2) is 9.73 Å². The summed E-state index contributed by atoms with van der Waals surface area (Å²) in [5.41, 5.74) is 2.01. The summed E-state index contributed by atoms with van der Waals surface area (Å²) in [5, 5.41) is 0. The molecular weight excluding hydrogens is 291 g/mol. The Hall–Kier alpha value is -0.886. The summed E-state index contributed by atoms with van der Waals surface area (Å²) >= 11 is 10.8. The monoisotopic (exact) mass is 300 g/mol. The van der Waals surface area contributed by atoms with Gasteiger partial charge in [0.1, 0.15) is 0 Å². The van der Waals surface area contributed by atoms with Gasteiger partial charge < -0.3 is 0 Å². The largest absolute Gasteiger partial charge is 0.0778 e. The second-order valence-electron chi connectivity index (χ2n) is 3.39. The first-order valence-corrected chi connectivity index (χ1v) is 5.80. The van der Waals surface area contributed by atoms with Crippen LogP contribution < -0.4 is 0 Å². The van der Waals surface area contributed by atoms with Gasteiger partial charge in [0.05, 0.1) is 9.73 Å². The molecule has 0 heterocycles. The molecule has 0 spiro atoms. The summed E-state index contributed by atoms with van der Waals surface area (Å²) in [6, 6.07) is 19.7. The third kappa shape index (κ3) is 3.54. The van der Waals surface area contributed by atoms with Crippen molar-refractivity contribution in [2.45, 2.75) is 0 Å². The number of rotatable bonds is 3. The fourth-order valence-corrected chi connectivity index (χ4v) is 1.95. The Bertz CT molecular complexity index is 457. The van der Waals surface area contributed by atoms with E-state index in [-0.39, 0.29) is 16.5 Å². The minimum Gasteiger partial charge on any atom is -0.0778 e. The molecule has 2 aromatic carbocycles. The fraction of sp³-hybridized carbons (Fsp3) is 0. The summed E-state index contributed by atoms with van der Waals surface area (Å²) in [7, 11) is 0. The van der Waals surface area contributed by atoms with E-state index >= 15 is 0 Å². The van der Waals surface area contributed by atoms with E-state index in [0.29, 0.717) is 0 Å². The van der Waals surface area contributed by atoms with Crippen LogP contribution >= 0.6 is 24.4 Å². The quantitative estimate of drug-likeness (QED) is 0.480. The van der Waals surface area contributed by atoms with E-state index in [1.807, 2.05) is 60.7 Å². The van der Waals surface area contributed by atoms with Crippen LogP contribution in [0.4, 0.5) is 0 Å². The maximum atomic E-state index is 5.38. The zero-order chi connectivity index (χ0) is 11.4. The Kier molecular flexibility index (Phi) is 5.63. The Morgan fingerprint density at radius 3 is 1.18 bits per heavy atom. The molecule has 0 amide bonds. The molecule has 0 radical (unpaired) electrons. The Labute approximate surface area is 122 Å². The third-order valence-corrected chi connectivity index (χ3v) is 3.29. The van der Waals surface area contributed by atoms with Crippen molar-refractivity contribution in [2.24, 2.45) is 0 Å². The van der Waals surface area contributed by atoms with Crippen molar-refractivity contribution in [3.8, 4) is 0 Å². The third-order valence-electron chi connectivity index (χ3n) is 2.28. The molecule has 0 nitrogen and oxygen atoms in total. The van der Waals surface area contributed by atoms with Gasteiger partial charge in [-0.2, -0.15) is 0 Å². The van der Waals surface area contributed by atoms with Crippen molar-refractivity contribution in [2.75, 3.05) is 0 Å². The van der Waals surface area contributed by atoms with E-state index in [1.165, 1.54) is 0 Å². The van der Waals surface area contributed by atoms with Gasteiger partial charge in [-0.15, -0.1) is 0 Å². The molecular formula is C14H10NiS2. The van der Waals surface area contributed by atoms with Gasteiger partial charge in [0.25, 0.3) is 0 Å². The number of thiocarbonyl (C=S) groups is 2. The SMILES string of the molecule is S=C(C(=S)c1ccccc1)c1ccccc1.[Ni]. The van der Waals surface area contributed by atoms with E-state index in [2.05, 4.69) is 0 Å². The van der Waals surface area contributed by atoms with Crippen LogP contribution in [0.25, 0.3) is 0 Å². The molecule has 3 heteroatoms. The molecule has 0 unspecified atom stereocenters. The molecule has 0 aliphatic heterocycles. The molecule has 0 bridgehead atoms. The van der Waals surface area contributed by atoms with Gasteiger partial charge in [0.15, 0.2) is 0 Å². The van der Waals surface area contributed by atoms with Gasteiger partial charge in [-0.25, -0.2) is 0 Å². The van der Waals surface area contributed by atoms with Crippen molar-refractivity contribution in [3.05, 3.63) is 71.8 Å². The van der Waals surface area contributed by atoms with Crippen molar-refractivity contribution in [1.29, 1.82) is 0 Å². The van der Waals surface area contributed by atoms with Gasteiger partial charge >= 0.3 is 0 Å². The summed E-state index contributed by atoms with van der Waals surface area (Å²) in [4.78, 5) is 1.48. The van der Waals surface area contributed by atoms with Crippen molar-refractivity contribution in [1.82, 2.24) is 0 Å². The molecule has 0 aliphatic carbocycles. The predicted molar refractivity (Wildman–Crippen MR) is 76.3 cm³/mol. The molecule has 0 aromatic heterocycles. The molecule has 17 heavy (non-hydrogen) atoms. The Balaban J connectivity index is 0.00000144. The summed E-state index contributed by atoms with van der Waals surface area (Å²) in [6.45, 7) is 0. The Morgan fingerprint density at radius 2 is 0.882 bits per heavy atom. The van der Waals surface area contributed by atoms with Gasteiger partial charge in [0.2, 0.25) is 0 Å². The van der Waals surface area contributed by atoms with Gasteiger partial charge in [-0.1, -0.05) is 85.1 Å². The maximum Gasteiger partial charge on any atom is 0.0636 e. The molecule has 0 fully saturated rings. The van der Waals surface area contributed by atoms with Crippen LogP contribution in [0.15, 0.2) is 60.7 Å². The topological polar surface area (TPSA) is 0 Å². The van der Waals surface area contributed by atoms with E-state index in [0.717, 1.165) is 20.9 Å². The molecule has 2 rings (SSSR count). The minimum absolute atomic E-state index is 0. The predicted octanol–water partition coefficient (Wildman–Crippen LogP) is 3.82. The summed E-state index contributed by atoms with van der Waals surface area (Å²) < 4.78 is 0. The first-order chi connectivity index (χ1) is 7.79. The normalized spacial score (nSPS) is 9.18. The first kappa shape index (κ1) is 14.2. The molecule has 0 aliphatic rings. The van der Waals surface area contributed by atoms with E-state index in [9.17, 15) is 0 Å². The van der Waals surface area contributed by atoms with Crippen LogP contribution in [0.1, 0.15) is 11.1 Å². The molecule has 0 saturated carbocycles. The van der Waals surface area contributed by atoms with Gasteiger partial charge in [-0.3, -0.25) is 0 Å². The van der Waals surface area contributed by atoms with Gasteiger partial charge in [-0.05, 0) is 11.1 Å². The summed E-state index contributed by atoms with van der Waals surface area (Å²) in [6.07, 6.45) is 0. The van der Waals surface area contributed by atoms with Crippen LogP contribution in [0.5, 0.6) is 0 Å². The minimum atomic E-state index is 0. The zero-order valence-electron chi connectivity index (χ0n) is 8.91. The molecule has 88 valence electrons. The van der Waals surface area contributed by atoms with Gasteiger partial charge in [0, 0.05) is 16.5 Å². The number of hydrogen-bond acceptors (Lipinski definition) is 2. The first-order valence-electron chi connectivity index (χ1n) is 4.98. The summed E-state index contributed by atoms with van der Waals surface area (Å²) in [5.74, 6) is 0. The van der Waals surface area contributed by atoms with E-state index in [4.69, 9.17) is 24.4 Å². The standard InChI is InChI=1S/C14H10S2.Ni/c15-13(11-7-3-1-4-8-11)14(16)12-9-5-2-6-10-12;/h1-10H;. The van der Waals surface area contributed by atoms with Crippen LogP contribution in [0.3, 0.4) is 0 Å². The smallest absolute Gasteiger partial charge is 0.0636 e. The van der Waals surface area contributed by atoms with Crippen molar-refractivity contribution in [3.63, 3.8) is 0 Å². The number of hydrogen-bond donors (Lipinski definition) is 0. The van der Waals surface area contributed by atoms with E-state index in [1.54, 1.807) is 0 Å². The fourth-order valence-electron chi connectivity index (χ4n) is 1.44. The second kappa shape index (κ2) is 6.75. The van der Waals surface area contributed by atoms with Crippen LogP contribution in [0.2, 0.25) is 0 Å². The molecule has 0 atom stereocenters. The van der Waals surface area contributed by atoms with Crippen molar-refractivity contribution < 1.29 is 16.5 Å². The second-order valence-corrected chi connectivity index (χ2v) is 4.21. The maximum absolute atomic E-state index is 5.38. The van der Waals surface area contributed by atoms with Crippen LogP contribution in [0, 0.1) is 0 Å². The molecule has 2 aromatic rings. The average Bonchev–Trinajstić information content (AvgIpc) is 2.39. The Morgan fingerprint density at radius 1 is 0.588 bits per heavy atom. The van der Waals surface area contributed by atoms with E-state index < -0.39 is 0 Å². The zero-order valence-corrected chi connectivity index (χ0v) is 11.5. The molecule has 0 saturated heterocycles.